The van der Waals surface area contributed by atoms with Gasteiger partial charge >= 0.3 is 0 Å². The van der Waals surface area contributed by atoms with Crippen molar-refractivity contribution < 1.29 is 26.8 Å². The number of aliphatic hydroxyl groups excluding tert-OH is 1. The van der Waals surface area contributed by atoms with E-state index in [1.54, 1.807) is 10.8 Å². The third-order valence-electron chi connectivity index (χ3n) is 5.38. The average molecular weight is 465 g/mol. The van der Waals surface area contributed by atoms with Gasteiger partial charge in [0, 0.05) is 13.5 Å². The second-order valence-corrected chi connectivity index (χ2v) is 8.36. The molecule has 4 atom stereocenters. The number of aliphatic hydroxyl groups is 1. The Morgan fingerprint density at radius 1 is 1.53 bits per heavy atom. The highest BCUT2D eigenvalue weighted by Crippen LogP contribution is 2.46. The Morgan fingerprint density at radius 3 is 3.25 bits per heavy atom. The second kappa shape index (κ2) is 9.99. The van der Waals surface area contributed by atoms with Crippen LogP contribution in [0.5, 0.6) is 17.2 Å². The molecule has 9 heteroatoms. The van der Waals surface area contributed by atoms with Crippen LogP contribution in [0.15, 0.2) is 36.5 Å². The summed E-state index contributed by atoms with van der Waals surface area (Å²) in [6.45, 7) is 6.50. The predicted octanol–water partition coefficient (Wildman–Crippen LogP) is 4.88. The SMILES string of the molecule is [2H]C([3H])OC[C@H]1O[C@@H](n2cc3c(nc2=S)Nc2c(OCCCCC(=C)C)cccc2O3)CC1O[3H]. The van der Waals surface area contributed by atoms with Crippen LogP contribution in [0, 0.1) is 4.77 Å². The quantitative estimate of drug-likeness (QED) is 0.249. The van der Waals surface area contributed by atoms with Crippen molar-refractivity contribution in [2.45, 2.75) is 51.0 Å². The lowest BCUT2D eigenvalue weighted by Gasteiger charge is -2.25. The van der Waals surface area contributed by atoms with E-state index < -0.39 is 25.5 Å². The van der Waals surface area contributed by atoms with Gasteiger partial charge in [-0.15, -0.1) is 6.58 Å². The van der Waals surface area contributed by atoms with Crippen LogP contribution in [-0.4, -0.2) is 48.6 Å². The largest absolute Gasteiger partial charge is 0.491 e. The molecule has 1 aromatic heterocycles. The molecule has 0 radical (unpaired) electrons. The van der Waals surface area contributed by atoms with Crippen LogP contribution >= 0.6 is 12.2 Å². The molecule has 0 spiro atoms. The second-order valence-electron chi connectivity index (χ2n) is 8.00. The van der Waals surface area contributed by atoms with Crippen molar-refractivity contribution in [3.05, 3.63) is 41.3 Å². The van der Waals surface area contributed by atoms with E-state index >= 15 is 0 Å². The van der Waals surface area contributed by atoms with Crippen molar-refractivity contribution in [2.24, 2.45) is 0 Å². The van der Waals surface area contributed by atoms with E-state index in [-0.39, 0.29) is 11.4 Å². The Kier molecular flexibility index (Phi) is 5.95. The molecule has 0 aliphatic carbocycles. The number of unbranched alkanes of at least 4 members (excludes halogenated alkanes) is 1. The molecule has 0 bridgehead atoms. The van der Waals surface area contributed by atoms with Gasteiger partial charge < -0.3 is 29.4 Å². The van der Waals surface area contributed by atoms with Gasteiger partial charge in [0.2, 0.25) is 6.20 Å². The van der Waals surface area contributed by atoms with Crippen molar-refractivity contribution in [3.8, 4) is 17.2 Å². The van der Waals surface area contributed by atoms with Crippen molar-refractivity contribution in [2.75, 3.05) is 25.6 Å². The van der Waals surface area contributed by atoms with Crippen molar-refractivity contribution in [1.82, 2.24) is 9.55 Å². The number of benzene rings is 1. The molecule has 2 aliphatic heterocycles. The van der Waals surface area contributed by atoms with Crippen molar-refractivity contribution in [1.29, 1.82) is 1.43 Å². The minimum Gasteiger partial charge on any atom is -0.491 e. The summed E-state index contributed by atoms with van der Waals surface area (Å²) in [5.41, 5.74) is 1.86. The molecular weight excluding hydrogens is 430 g/mol. The zero-order valence-electron chi connectivity index (χ0n) is 20.9. The summed E-state index contributed by atoms with van der Waals surface area (Å²) in [5, 5.41) is 8.05. The van der Waals surface area contributed by atoms with Crippen LogP contribution in [0.2, 0.25) is 0 Å². The Balaban J connectivity index is 1.47. The number of para-hydroxylation sites is 1. The van der Waals surface area contributed by atoms with Crippen molar-refractivity contribution in [3.63, 3.8) is 0 Å². The fraction of sp³-hybridized carbons (Fsp3) is 0.478. The zero-order valence-corrected chi connectivity index (χ0v) is 18.7. The predicted molar refractivity (Wildman–Crippen MR) is 123 cm³/mol. The number of fused-ring (bicyclic) bond motifs is 2. The standard InChI is InChI=1S/C23H29N3O5S/c1-14(2)7-4-5-10-29-16-8-6-9-17-21(16)24-22-18(30-17)12-26(23(32)25-22)20-11-15(27)19(31-20)13-28-3/h6,8-9,12,15,19-20,27H,1,4-5,7,10-11,13H2,2-3H3,(H,24,25,32)/t15?,19-,20-/m1/s1/i3TD,27T/t3?,15?,19-,20-. The van der Waals surface area contributed by atoms with Crippen LogP contribution in [0.1, 0.15) is 41.6 Å². The van der Waals surface area contributed by atoms with E-state index in [1.165, 1.54) is 5.57 Å². The van der Waals surface area contributed by atoms with Gasteiger partial charge in [-0.05, 0) is 50.5 Å². The molecule has 1 aromatic carbocycles. The van der Waals surface area contributed by atoms with E-state index in [0.717, 1.165) is 19.3 Å². The van der Waals surface area contributed by atoms with Crippen LogP contribution in [0.3, 0.4) is 0 Å². The number of hydrogen-bond donors (Lipinski definition) is 2. The van der Waals surface area contributed by atoms with Crippen LogP contribution in [-0.2, 0) is 9.47 Å². The lowest BCUT2D eigenvalue weighted by molar-refractivity contribution is -0.0542. The molecule has 2 N–H and O–H groups in total. The third-order valence-corrected chi connectivity index (χ3v) is 5.68. The van der Waals surface area contributed by atoms with E-state index in [9.17, 15) is 0 Å². The maximum atomic E-state index is 7.33. The number of ether oxygens (including phenoxy) is 4. The van der Waals surface area contributed by atoms with Gasteiger partial charge in [0.1, 0.15) is 23.8 Å². The Labute approximate surface area is 197 Å². The van der Waals surface area contributed by atoms with E-state index in [0.29, 0.717) is 41.8 Å². The third kappa shape index (κ3) is 4.96. The maximum Gasteiger partial charge on any atom is 0.211 e. The van der Waals surface area contributed by atoms with E-state index in [2.05, 4.69) is 16.9 Å². The van der Waals surface area contributed by atoms with E-state index in [1.807, 2.05) is 25.1 Å². The topological polar surface area (TPSA) is 87.0 Å². The fourth-order valence-electron chi connectivity index (χ4n) is 3.73. The Hall–Kier alpha value is -2.46. The highest BCUT2D eigenvalue weighted by atomic mass is 32.1. The molecule has 4 rings (SSSR count). The summed E-state index contributed by atoms with van der Waals surface area (Å²) in [6.07, 6.45) is 3.21. The molecule has 2 unspecified atom stereocenters. The number of nitrogens with one attached hydrogen (secondary N) is 1. The number of anilines is 2. The summed E-state index contributed by atoms with van der Waals surface area (Å²) in [4.78, 5) is 4.49. The van der Waals surface area contributed by atoms with Gasteiger partial charge in [-0.3, -0.25) is 4.57 Å². The number of allylic oxidation sites excluding steroid dienone is 1. The van der Waals surface area contributed by atoms with Gasteiger partial charge in [0.15, 0.2) is 17.3 Å². The minimum atomic E-state index is -1.44. The number of nitrogens with zero attached hydrogens (tertiary/aromatic N) is 2. The highest BCUT2D eigenvalue weighted by Gasteiger charge is 2.35. The Morgan fingerprint density at radius 2 is 2.44 bits per heavy atom. The zero-order chi connectivity index (χ0) is 24.9. The molecule has 8 nitrogen and oxygen atoms in total. The molecule has 0 saturated carbocycles. The van der Waals surface area contributed by atoms with Crippen molar-refractivity contribution >= 4 is 23.7 Å². The monoisotopic (exact) mass is 464 g/mol. The van der Waals surface area contributed by atoms with Gasteiger partial charge in [0.25, 0.3) is 0 Å². The molecule has 3 heterocycles. The highest BCUT2D eigenvalue weighted by molar-refractivity contribution is 7.71. The van der Waals surface area contributed by atoms with Gasteiger partial charge in [-0.25, -0.2) is 0 Å². The van der Waals surface area contributed by atoms with Crippen LogP contribution < -0.4 is 14.8 Å². The molecule has 1 saturated heterocycles. The lowest BCUT2D eigenvalue weighted by Crippen LogP contribution is -2.25. The number of hydrogen-bond acceptors (Lipinski definition) is 8. The van der Waals surface area contributed by atoms with E-state index in [4.69, 9.17) is 40.4 Å². The average Bonchev–Trinajstić information content (AvgIpc) is 3.24. The first-order valence-corrected chi connectivity index (χ1v) is 11.0. The number of methoxy groups -OCH3 is 1. The summed E-state index contributed by atoms with van der Waals surface area (Å²) in [5.74, 6) is 2.21. The van der Waals surface area contributed by atoms with Gasteiger partial charge in [-0.1, -0.05) is 11.6 Å². The first-order valence-electron chi connectivity index (χ1n) is 12.1. The summed E-state index contributed by atoms with van der Waals surface area (Å²) < 4.78 is 46.7. The van der Waals surface area contributed by atoms with Gasteiger partial charge in [0.05, 0.1) is 28.3 Å². The molecule has 2 aromatic rings. The first kappa shape index (κ1) is 19.0. The number of rotatable bonds is 10. The Bertz CT molecular complexity index is 1120. The molecule has 172 valence electrons. The fourth-order valence-corrected chi connectivity index (χ4v) is 3.99. The lowest BCUT2D eigenvalue weighted by atomic mass is 10.1. The molecule has 2 aliphatic rings. The minimum absolute atomic E-state index is 0.0369. The summed E-state index contributed by atoms with van der Waals surface area (Å²) in [7, 11) is -1.44. The van der Waals surface area contributed by atoms with Gasteiger partial charge in [-0.2, -0.15) is 4.98 Å². The normalized spacial score (nSPS) is 23.5. The molecule has 1 fully saturated rings. The smallest absolute Gasteiger partial charge is 0.211 e. The number of aromatic nitrogens is 2. The maximum absolute atomic E-state index is 7.33. The summed E-state index contributed by atoms with van der Waals surface area (Å²) in [6, 6.07) is 5.58. The first-order chi connectivity index (χ1) is 16.9. The van der Waals surface area contributed by atoms with Crippen LogP contribution in [0.4, 0.5) is 11.5 Å². The summed E-state index contributed by atoms with van der Waals surface area (Å²) >= 11 is 5.50. The molecule has 0 amide bonds. The molecule has 32 heavy (non-hydrogen) atoms. The molecular formula is C23H29N3O5S. The van der Waals surface area contributed by atoms with Crippen LogP contribution in [0.25, 0.3) is 0 Å².